The molecule has 0 amide bonds. The molecule has 0 N–H and O–H groups in total. The summed E-state index contributed by atoms with van der Waals surface area (Å²) in [7, 11) is 0. The average Bonchev–Trinajstić information content (AvgIpc) is 2.85. The van der Waals surface area contributed by atoms with E-state index in [9.17, 15) is 0 Å². The summed E-state index contributed by atoms with van der Waals surface area (Å²) in [6.45, 7) is 4.56. The molecule has 0 nitrogen and oxygen atoms in total. The summed E-state index contributed by atoms with van der Waals surface area (Å²) < 4.78 is 2.81. The predicted molar refractivity (Wildman–Crippen MR) is 90.9 cm³/mol. The van der Waals surface area contributed by atoms with Gasteiger partial charge in [0.2, 0.25) is 0 Å². The van der Waals surface area contributed by atoms with Gasteiger partial charge in [0.15, 0.2) is 0 Å². The molecule has 0 aliphatic carbocycles. The number of benzene rings is 3. The molecule has 4 rings (SSSR count). The van der Waals surface area contributed by atoms with Gasteiger partial charge >= 0.3 is 0 Å². The molecule has 0 fully saturated rings. The van der Waals surface area contributed by atoms with Crippen LogP contribution in [0.2, 0.25) is 0 Å². The quantitative estimate of drug-likeness (QED) is 0.381. The highest BCUT2D eigenvalue weighted by Gasteiger charge is 2.12. The molecule has 20 heavy (non-hydrogen) atoms. The van der Waals surface area contributed by atoms with E-state index in [1.807, 2.05) is 11.3 Å². The maximum atomic E-state index is 2.40. The lowest BCUT2D eigenvalue weighted by molar-refractivity contribution is 0.878. The Morgan fingerprint density at radius 3 is 2.15 bits per heavy atom. The molecule has 1 heterocycles. The summed E-state index contributed by atoms with van der Waals surface area (Å²) in [5, 5.41) is 5.60. The number of rotatable bonds is 1. The van der Waals surface area contributed by atoms with Crippen LogP contribution in [-0.2, 0) is 0 Å². The van der Waals surface area contributed by atoms with Crippen LogP contribution in [0.3, 0.4) is 0 Å². The van der Waals surface area contributed by atoms with Gasteiger partial charge in [-0.15, -0.1) is 11.3 Å². The molecule has 3 aromatic carbocycles. The van der Waals surface area contributed by atoms with Crippen LogP contribution in [-0.4, -0.2) is 0 Å². The third-order valence-electron chi connectivity index (χ3n) is 4.04. The second-order valence-electron chi connectivity index (χ2n) is 5.64. The average molecular weight is 276 g/mol. The molecule has 0 aliphatic rings. The van der Waals surface area contributed by atoms with Gasteiger partial charge in [-0.05, 0) is 34.4 Å². The molecule has 0 aliphatic heterocycles. The maximum absolute atomic E-state index is 2.40. The fourth-order valence-corrected chi connectivity index (χ4v) is 4.27. The van der Waals surface area contributed by atoms with E-state index < -0.39 is 0 Å². The lowest BCUT2D eigenvalue weighted by Gasteiger charge is -2.11. The SMILES string of the molecule is CC(C)c1cc2c3ccccc3sc2c2ccccc12. The van der Waals surface area contributed by atoms with Crippen LogP contribution in [0.25, 0.3) is 30.9 Å². The van der Waals surface area contributed by atoms with Gasteiger partial charge in [0.1, 0.15) is 0 Å². The van der Waals surface area contributed by atoms with Gasteiger partial charge < -0.3 is 0 Å². The van der Waals surface area contributed by atoms with Crippen molar-refractivity contribution in [1.29, 1.82) is 0 Å². The van der Waals surface area contributed by atoms with Crippen molar-refractivity contribution in [3.05, 3.63) is 60.2 Å². The topological polar surface area (TPSA) is 0 Å². The number of hydrogen-bond acceptors (Lipinski definition) is 1. The zero-order valence-corrected chi connectivity index (χ0v) is 12.5. The molecule has 98 valence electrons. The minimum absolute atomic E-state index is 0.544. The Hall–Kier alpha value is -1.86. The fourth-order valence-electron chi connectivity index (χ4n) is 3.05. The molecular formula is C19H16S. The first-order valence-electron chi connectivity index (χ1n) is 7.08. The van der Waals surface area contributed by atoms with Crippen molar-refractivity contribution in [1.82, 2.24) is 0 Å². The molecule has 0 radical (unpaired) electrons. The summed E-state index contributed by atoms with van der Waals surface area (Å²) >= 11 is 1.91. The zero-order valence-electron chi connectivity index (χ0n) is 11.7. The Labute approximate surface area is 122 Å². The number of hydrogen-bond donors (Lipinski definition) is 0. The fraction of sp³-hybridized carbons (Fsp3) is 0.158. The second kappa shape index (κ2) is 4.32. The van der Waals surface area contributed by atoms with E-state index in [-0.39, 0.29) is 0 Å². The van der Waals surface area contributed by atoms with Crippen molar-refractivity contribution >= 4 is 42.3 Å². The van der Waals surface area contributed by atoms with Gasteiger partial charge in [-0.3, -0.25) is 0 Å². The van der Waals surface area contributed by atoms with Gasteiger partial charge in [0.25, 0.3) is 0 Å². The highest BCUT2D eigenvalue weighted by molar-refractivity contribution is 7.26. The summed E-state index contributed by atoms with van der Waals surface area (Å²) in [6, 6.07) is 20.0. The Morgan fingerprint density at radius 1 is 0.750 bits per heavy atom. The smallest absolute Gasteiger partial charge is 0.0434 e. The highest BCUT2D eigenvalue weighted by atomic mass is 32.1. The Bertz CT molecular complexity index is 928. The standard InChI is InChI=1S/C19H16S/c1-12(2)16-11-17-14-8-5-6-10-18(14)20-19(17)15-9-4-3-7-13(15)16/h3-12H,1-2H3. The Balaban J connectivity index is 2.30. The largest absolute Gasteiger partial charge is 0.135 e. The Morgan fingerprint density at radius 2 is 1.40 bits per heavy atom. The zero-order chi connectivity index (χ0) is 13.7. The highest BCUT2D eigenvalue weighted by Crippen LogP contribution is 2.41. The van der Waals surface area contributed by atoms with E-state index in [0.717, 1.165) is 0 Å². The third-order valence-corrected chi connectivity index (χ3v) is 5.26. The molecule has 0 atom stereocenters. The van der Waals surface area contributed by atoms with Gasteiger partial charge in [0.05, 0.1) is 0 Å². The molecule has 0 unspecified atom stereocenters. The van der Waals surface area contributed by atoms with E-state index in [1.165, 1.54) is 36.5 Å². The van der Waals surface area contributed by atoms with E-state index >= 15 is 0 Å². The van der Waals surface area contributed by atoms with Gasteiger partial charge in [0, 0.05) is 20.2 Å². The van der Waals surface area contributed by atoms with E-state index in [0.29, 0.717) is 5.92 Å². The first-order chi connectivity index (χ1) is 9.75. The molecular weight excluding hydrogens is 260 g/mol. The van der Waals surface area contributed by atoms with E-state index in [1.54, 1.807) is 0 Å². The van der Waals surface area contributed by atoms with Crippen LogP contribution in [0.4, 0.5) is 0 Å². The lowest BCUT2D eigenvalue weighted by Crippen LogP contribution is -1.89. The van der Waals surface area contributed by atoms with E-state index in [2.05, 4.69) is 68.4 Å². The monoisotopic (exact) mass is 276 g/mol. The lowest BCUT2D eigenvalue weighted by atomic mass is 9.94. The maximum Gasteiger partial charge on any atom is 0.0434 e. The molecule has 0 saturated carbocycles. The third kappa shape index (κ3) is 1.60. The van der Waals surface area contributed by atoms with Gasteiger partial charge in [-0.25, -0.2) is 0 Å². The van der Waals surface area contributed by atoms with Crippen LogP contribution in [0.1, 0.15) is 25.3 Å². The molecule has 1 heteroatoms. The first-order valence-corrected chi connectivity index (χ1v) is 7.90. The van der Waals surface area contributed by atoms with Crippen molar-refractivity contribution in [2.24, 2.45) is 0 Å². The van der Waals surface area contributed by atoms with Crippen molar-refractivity contribution in [2.45, 2.75) is 19.8 Å². The molecule has 0 bridgehead atoms. The van der Waals surface area contributed by atoms with Gasteiger partial charge in [-0.2, -0.15) is 0 Å². The second-order valence-corrected chi connectivity index (χ2v) is 6.69. The number of fused-ring (bicyclic) bond motifs is 5. The van der Waals surface area contributed by atoms with Crippen molar-refractivity contribution in [3.63, 3.8) is 0 Å². The first kappa shape index (κ1) is 11.9. The number of thiophene rings is 1. The van der Waals surface area contributed by atoms with Gasteiger partial charge in [-0.1, -0.05) is 56.3 Å². The summed E-state index contributed by atoms with van der Waals surface area (Å²) in [4.78, 5) is 0. The summed E-state index contributed by atoms with van der Waals surface area (Å²) in [5.74, 6) is 0.544. The van der Waals surface area contributed by atoms with Crippen LogP contribution in [0.5, 0.6) is 0 Å². The van der Waals surface area contributed by atoms with Crippen LogP contribution >= 0.6 is 11.3 Å². The minimum Gasteiger partial charge on any atom is -0.135 e. The predicted octanol–water partition coefficient (Wildman–Crippen LogP) is 6.33. The van der Waals surface area contributed by atoms with Crippen molar-refractivity contribution in [2.75, 3.05) is 0 Å². The molecule has 4 aromatic rings. The van der Waals surface area contributed by atoms with Crippen molar-refractivity contribution in [3.8, 4) is 0 Å². The van der Waals surface area contributed by atoms with Crippen LogP contribution < -0.4 is 0 Å². The molecule has 0 saturated heterocycles. The van der Waals surface area contributed by atoms with Crippen LogP contribution in [0, 0.1) is 0 Å². The Kier molecular flexibility index (Phi) is 2.58. The minimum atomic E-state index is 0.544. The van der Waals surface area contributed by atoms with Crippen LogP contribution in [0.15, 0.2) is 54.6 Å². The summed E-state index contributed by atoms with van der Waals surface area (Å²) in [5.41, 5.74) is 1.46. The molecule has 0 spiro atoms. The van der Waals surface area contributed by atoms with E-state index in [4.69, 9.17) is 0 Å². The molecule has 1 aromatic heterocycles. The van der Waals surface area contributed by atoms with Crippen molar-refractivity contribution < 1.29 is 0 Å². The summed E-state index contributed by atoms with van der Waals surface area (Å²) in [6.07, 6.45) is 0. The normalized spacial score (nSPS) is 11.9.